The van der Waals surface area contributed by atoms with Crippen LogP contribution in [0.15, 0.2) is 24.3 Å². The molecular formula is C19H26ClN5O. The van der Waals surface area contributed by atoms with E-state index in [1.807, 2.05) is 23.1 Å². The summed E-state index contributed by atoms with van der Waals surface area (Å²) >= 11 is 0. The minimum Gasteiger partial charge on any atom is -0.339 e. The Morgan fingerprint density at radius 3 is 2.73 bits per heavy atom. The van der Waals surface area contributed by atoms with Gasteiger partial charge in [0, 0.05) is 37.7 Å². The molecule has 1 aromatic carbocycles. The number of piperidine rings is 1. The Bertz CT molecular complexity index is 767. The van der Waals surface area contributed by atoms with Gasteiger partial charge in [-0.1, -0.05) is 25.1 Å². The summed E-state index contributed by atoms with van der Waals surface area (Å²) in [5.41, 5.74) is 1.99. The van der Waals surface area contributed by atoms with Crippen LogP contribution in [0.4, 0.5) is 0 Å². The molecule has 0 saturated carbocycles. The molecule has 2 aromatic rings. The number of hydrogen-bond donors (Lipinski definition) is 1. The van der Waals surface area contributed by atoms with Crippen LogP contribution in [-0.2, 0) is 19.5 Å². The van der Waals surface area contributed by atoms with Crippen molar-refractivity contribution in [3.63, 3.8) is 0 Å². The smallest absolute Gasteiger partial charge is 0.254 e. The minimum atomic E-state index is 0. The fourth-order valence-electron chi connectivity index (χ4n) is 3.96. The van der Waals surface area contributed by atoms with Gasteiger partial charge < -0.3 is 14.8 Å². The minimum absolute atomic E-state index is 0. The highest BCUT2D eigenvalue weighted by Gasteiger charge is 2.29. The van der Waals surface area contributed by atoms with Crippen LogP contribution >= 0.6 is 12.4 Å². The molecular weight excluding hydrogens is 350 g/mol. The number of aromatic nitrogens is 3. The van der Waals surface area contributed by atoms with Gasteiger partial charge in [0.1, 0.15) is 11.6 Å². The predicted molar refractivity (Wildman–Crippen MR) is 103 cm³/mol. The molecule has 2 aliphatic rings. The summed E-state index contributed by atoms with van der Waals surface area (Å²) in [5.74, 6) is 2.72. The standard InChI is InChI=1S/C19H25N5O.ClH/c1-2-14-5-3-4-6-16(14)19(25)23-10-7-15(8-11-23)18-22-21-17-13-20-9-12-24(17)18;/h3-6,15,20H,2,7-13H2,1H3;1H. The highest BCUT2D eigenvalue weighted by Crippen LogP contribution is 2.28. The van der Waals surface area contributed by atoms with Crippen LogP contribution in [-0.4, -0.2) is 45.2 Å². The molecule has 4 rings (SSSR count). The first kappa shape index (κ1) is 18.9. The zero-order valence-corrected chi connectivity index (χ0v) is 16.0. The Hall–Kier alpha value is -1.92. The van der Waals surface area contributed by atoms with Gasteiger partial charge in [0.15, 0.2) is 0 Å². The molecule has 26 heavy (non-hydrogen) atoms. The first-order chi connectivity index (χ1) is 12.3. The summed E-state index contributed by atoms with van der Waals surface area (Å²) < 4.78 is 2.27. The second-order valence-corrected chi connectivity index (χ2v) is 6.88. The van der Waals surface area contributed by atoms with Crippen molar-refractivity contribution < 1.29 is 4.79 Å². The summed E-state index contributed by atoms with van der Waals surface area (Å²) in [7, 11) is 0. The first-order valence-electron chi connectivity index (χ1n) is 9.27. The van der Waals surface area contributed by atoms with Crippen molar-refractivity contribution in [2.45, 2.75) is 45.2 Å². The Labute approximate surface area is 160 Å². The van der Waals surface area contributed by atoms with Crippen molar-refractivity contribution in [2.24, 2.45) is 0 Å². The van der Waals surface area contributed by atoms with Crippen LogP contribution in [0.1, 0.15) is 53.3 Å². The lowest BCUT2D eigenvalue weighted by Crippen LogP contribution is -2.39. The van der Waals surface area contributed by atoms with Gasteiger partial charge in [0.05, 0.1) is 6.54 Å². The number of amides is 1. The lowest BCUT2D eigenvalue weighted by atomic mass is 9.94. The fraction of sp³-hybridized carbons (Fsp3) is 0.526. The zero-order valence-electron chi connectivity index (χ0n) is 15.1. The number of hydrogen-bond acceptors (Lipinski definition) is 4. The van der Waals surface area contributed by atoms with Crippen LogP contribution in [0.25, 0.3) is 0 Å². The molecule has 1 saturated heterocycles. The molecule has 1 amide bonds. The van der Waals surface area contributed by atoms with Crippen molar-refractivity contribution in [3.05, 3.63) is 47.0 Å². The third-order valence-corrected chi connectivity index (χ3v) is 5.43. The summed E-state index contributed by atoms with van der Waals surface area (Å²) in [6, 6.07) is 7.96. The molecule has 140 valence electrons. The molecule has 0 radical (unpaired) electrons. The van der Waals surface area contributed by atoms with Crippen LogP contribution in [0, 0.1) is 0 Å². The number of nitrogens with zero attached hydrogens (tertiary/aromatic N) is 4. The lowest BCUT2D eigenvalue weighted by molar-refractivity contribution is 0.0709. The third kappa shape index (κ3) is 3.48. The molecule has 0 spiro atoms. The van der Waals surface area contributed by atoms with E-state index >= 15 is 0 Å². The van der Waals surface area contributed by atoms with E-state index in [9.17, 15) is 4.79 Å². The number of rotatable bonds is 3. The van der Waals surface area contributed by atoms with Gasteiger partial charge in [-0.25, -0.2) is 0 Å². The first-order valence-corrected chi connectivity index (χ1v) is 9.27. The van der Waals surface area contributed by atoms with E-state index in [-0.39, 0.29) is 18.3 Å². The van der Waals surface area contributed by atoms with Gasteiger partial charge in [-0.3, -0.25) is 4.79 Å². The van der Waals surface area contributed by atoms with Crippen LogP contribution in [0.3, 0.4) is 0 Å². The highest BCUT2D eigenvalue weighted by atomic mass is 35.5. The van der Waals surface area contributed by atoms with Crippen LogP contribution in [0.2, 0.25) is 0 Å². The van der Waals surface area contributed by atoms with Crippen molar-refractivity contribution in [1.29, 1.82) is 0 Å². The number of benzene rings is 1. The van der Waals surface area contributed by atoms with E-state index in [4.69, 9.17) is 0 Å². The third-order valence-electron chi connectivity index (χ3n) is 5.43. The van der Waals surface area contributed by atoms with Crippen molar-refractivity contribution in [2.75, 3.05) is 19.6 Å². The molecule has 3 heterocycles. The molecule has 6 nitrogen and oxygen atoms in total. The van der Waals surface area contributed by atoms with E-state index in [0.29, 0.717) is 5.92 Å². The number of carbonyl (C=O) groups excluding carboxylic acids is 1. The van der Waals surface area contributed by atoms with E-state index in [0.717, 1.165) is 74.8 Å². The average molecular weight is 376 g/mol. The monoisotopic (exact) mass is 375 g/mol. The van der Waals surface area contributed by atoms with E-state index in [1.54, 1.807) is 0 Å². The van der Waals surface area contributed by atoms with Gasteiger partial charge in [0.25, 0.3) is 5.91 Å². The lowest BCUT2D eigenvalue weighted by Gasteiger charge is -2.32. The topological polar surface area (TPSA) is 63.1 Å². The fourth-order valence-corrected chi connectivity index (χ4v) is 3.96. The molecule has 0 unspecified atom stereocenters. The molecule has 0 bridgehead atoms. The van der Waals surface area contributed by atoms with E-state index in [2.05, 4.69) is 33.1 Å². The van der Waals surface area contributed by atoms with Gasteiger partial charge in [-0.2, -0.15) is 0 Å². The van der Waals surface area contributed by atoms with Crippen molar-refractivity contribution in [1.82, 2.24) is 25.0 Å². The second kappa shape index (κ2) is 8.18. The summed E-state index contributed by atoms with van der Waals surface area (Å²) in [6.45, 7) is 6.41. The Balaban J connectivity index is 0.00000196. The Morgan fingerprint density at radius 2 is 1.96 bits per heavy atom. The number of aryl methyl sites for hydroxylation is 1. The highest BCUT2D eigenvalue weighted by molar-refractivity contribution is 5.95. The summed E-state index contributed by atoms with van der Waals surface area (Å²) in [6.07, 6.45) is 2.81. The molecule has 1 N–H and O–H groups in total. The SMILES string of the molecule is CCc1ccccc1C(=O)N1CCC(c2nnc3n2CCNC3)CC1.Cl. The molecule has 1 aromatic heterocycles. The van der Waals surface area contributed by atoms with Crippen LogP contribution in [0.5, 0.6) is 0 Å². The summed E-state index contributed by atoms with van der Waals surface area (Å²) in [5, 5.41) is 12.1. The Kier molecular flexibility index (Phi) is 5.94. The predicted octanol–water partition coefficient (Wildman–Crippen LogP) is 2.39. The number of fused-ring (bicyclic) bond motifs is 1. The largest absolute Gasteiger partial charge is 0.339 e. The number of nitrogens with one attached hydrogen (secondary N) is 1. The normalized spacial score (nSPS) is 17.5. The average Bonchev–Trinajstić information content (AvgIpc) is 3.11. The maximum absolute atomic E-state index is 12.9. The van der Waals surface area contributed by atoms with E-state index < -0.39 is 0 Å². The van der Waals surface area contributed by atoms with E-state index in [1.165, 1.54) is 0 Å². The van der Waals surface area contributed by atoms with Crippen molar-refractivity contribution >= 4 is 18.3 Å². The van der Waals surface area contributed by atoms with Gasteiger partial charge in [0.2, 0.25) is 0 Å². The maximum Gasteiger partial charge on any atom is 0.254 e. The van der Waals surface area contributed by atoms with Gasteiger partial charge in [-0.05, 0) is 30.9 Å². The van der Waals surface area contributed by atoms with Gasteiger partial charge in [-0.15, -0.1) is 22.6 Å². The molecule has 7 heteroatoms. The molecule has 0 atom stereocenters. The Morgan fingerprint density at radius 1 is 1.19 bits per heavy atom. The number of likely N-dealkylation sites (tertiary alicyclic amines) is 1. The van der Waals surface area contributed by atoms with Crippen molar-refractivity contribution in [3.8, 4) is 0 Å². The van der Waals surface area contributed by atoms with Crippen LogP contribution < -0.4 is 5.32 Å². The maximum atomic E-state index is 12.9. The number of halogens is 1. The number of carbonyl (C=O) groups is 1. The molecule has 0 aliphatic carbocycles. The molecule has 2 aliphatic heterocycles. The van der Waals surface area contributed by atoms with Gasteiger partial charge >= 0.3 is 0 Å². The molecule has 1 fully saturated rings. The summed E-state index contributed by atoms with van der Waals surface area (Å²) in [4.78, 5) is 14.9. The zero-order chi connectivity index (χ0) is 17.2. The second-order valence-electron chi connectivity index (χ2n) is 6.88. The quantitative estimate of drug-likeness (QED) is 0.894.